The number of amides is 1. The fourth-order valence-electron chi connectivity index (χ4n) is 2.95. The summed E-state index contributed by atoms with van der Waals surface area (Å²) >= 11 is 0. The van der Waals surface area contributed by atoms with Gasteiger partial charge in [0.2, 0.25) is 0 Å². The van der Waals surface area contributed by atoms with Crippen LogP contribution < -0.4 is 15.1 Å². The third-order valence-electron chi connectivity index (χ3n) is 4.34. The number of methoxy groups -OCH3 is 1. The van der Waals surface area contributed by atoms with E-state index in [0.717, 1.165) is 24.6 Å². The number of hydrogen-bond donors (Lipinski definition) is 2. The molecule has 25 heavy (non-hydrogen) atoms. The lowest BCUT2D eigenvalue weighted by molar-refractivity contribution is 0.0941. The fraction of sp³-hybridized carbons (Fsp3) is 0.500. The van der Waals surface area contributed by atoms with E-state index < -0.39 is 0 Å². The van der Waals surface area contributed by atoms with Crippen molar-refractivity contribution < 1.29 is 9.53 Å². The van der Waals surface area contributed by atoms with E-state index in [2.05, 4.69) is 30.4 Å². The van der Waals surface area contributed by atoms with Crippen LogP contribution in [0.5, 0.6) is 0 Å². The molecule has 0 aromatic carbocycles. The zero-order chi connectivity index (χ0) is 17.8. The molecule has 2 aromatic rings. The molecule has 2 atom stereocenters. The highest BCUT2D eigenvalue weighted by molar-refractivity contribution is 5.92. The van der Waals surface area contributed by atoms with Gasteiger partial charge in [-0.25, -0.2) is 9.97 Å². The summed E-state index contributed by atoms with van der Waals surface area (Å²) < 4.78 is 5.53. The number of rotatable bonds is 6. The molecular weight excluding hydrogens is 322 g/mol. The molecule has 1 aliphatic rings. The molecule has 3 heterocycles. The van der Waals surface area contributed by atoms with Crippen molar-refractivity contribution in [1.29, 1.82) is 0 Å². The van der Waals surface area contributed by atoms with Crippen LogP contribution in [0.4, 0.5) is 11.6 Å². The van der Waals surface area contributed by atoms with E-state index in [-0.39, 0.29) is 18.1 Å². The van der Waals surface area contributed by atoms with Crippen LogP contribution in [-0.4, -0.2) is 72.5 Å². The number of ether oxygens (including phenoxy) is 1. The minimum atomic E-state index is -0.171. The second kappa shape index (κ2) is 7.47. The number of aromatic amines is 1. The molecular formula is C16H23N7O2. The Labute approximate surface area is 146 Å². The monoisotopic (exact) mass is 345 g/mol. The van der Waals surface area contributed by atoms with Crippen LogP contribution >= 0.6 is 0 Å². The number of carbonyl (C=O) groups excluding carboxylic acids is 1. The van der Waals surface area contributed by atoms with Gasteiger partial charge in [-0.15, -0.1) is 0 Å². The summed E-state index contributed by atoms with van der Waals surface area (Å²) in [4.78, 5) is 24.9. The van der Waals surface area contributed by atoms with Gasteiger partial charge in [0.25, 0.3) is 5.91 Å². The van der Waals surface area contributed by atoms with Crippen LogP contribution in [0.3, 0.4) is 0 Å². The maximum atomic E-state index is 12.1. The summed E-state index contributed by atoms with van der Waals surface area (Å²) in [5.41, 5.74) is 0.449. The summed E-state index contributed by atoms with van der Waals surface area (Å²) in [6, 6.07) is 3.69. The molecule has 1 saturated heterocycles. The SMILES string of the molecule is CO[C@@H]1C[C@H](CNC(=O)c2ccn[nH]2)N(c2cc(N(C)C)ncn2)C1. The molecule has 1 aliphatic heterocycles. The maximum absolute atomic E-state index is 12.1. The van der Waals surface area contributed by atoms with Crippen molar-refractivity contribution in [3.63, 3.8) is 0 Å². The van der Waals surface area contributed by atoms with Gasteiger partial charge in [0.1, 0.15) is 23.7 Å². The first kappa shape index (κ1) is 17.2. The largest absolute Gasteiger partial charge is 0.380 e. The molecule has 0 bridgehead atoms. The first-order valence-electron chi connectivity index (χ1n) is 8.15. The molecule has 134 valence electrons. The van der Waals surface area contributed by atoms with Crippen molar-refractivity contribution in [2.24, 2.45) is 0 Å². The normalized spacial score (nSPS) is 19.9. The van der Waals surface area contributed by atoms with Gasteiger partial charge in [-0.2, -0.15) is 5.10 Å². The lowest BCUT2D eigenvalue weighted by atomic mass is 10.2. The van der Waals surface area contributed by atoms with Gasteiger partial charge in [0.05, 0.1) is 12.1 Å². The highest BCUT2D eigenvalue weighted by Crippen LogP contribution is 2.26. The highest BCUT2D eigenvalue weighted by atomic mass is 16.5. The minimum Gasteiger partial charge on any atom is -0.380 e. The Morgan fingerprint density at radius 2 is 2.32 bits per heavy atom. The third kappa shape index (κ3) is 3.87. The average Bonchev–Trinajstić information content (AvgIpc) is 3.29. The molecule has 1 amide bonds. The summed E-state index contributed by atoms with van der Waals surface area (Å²) in [5.74, 6) is 1.50. The van der Waals surface area contributed by atoms with Gasteiger partial charge in [-0.05, 0) is 12.5 Å². The molecule has 2 aromatic heterocycles. The number of aromatic nitrogens is 4. The molecule has 0 spiro atoms. The Hall–Kier alpha value is -2.68. The summed E-state index contributed by atoms with van der Waals surface area (Å²) in [6.45, 7) is 1.23. The van der Waals surface area contributed by atoms with Crippen molar-refractivity contribution in [2.75, 3.05) is 44.1 Å². The summed E-state index contributed by atoms with van der Waals surface area (Å²) in [7, 11) is 5.59. The molecule has 2 N–H and O–H groups in total. The van der Waals surface area contributed by atoms with Gasteiger partial charge < -0.3 is 19.9 Å². The average molecular weight is 345 g/mol. The third-order valence-corrected chi connectivity index (χ3v) is 4.34. The lowest BCUT2D eigenvalue weighted by Crippen LogP contribution is -2.40. The molecule has 0 unspecified atom stereocenters. The van der Waals surface area contributed by atoms with Crippen molar-refractivity contribution in [2.45, 2.75) is 18.6 Å². The number of anilines is 2. The van der Waals surface area contributed by atoms with E-state index in [4.69, 9.17) is 4.74 Å². The molecule has 0 radical (unpaired) electrons. The fourth-order valence-corrected chi connectivity index (χ4v) is 2.95. The molecule has 9 nitrogen and oxygen atoms in total. The smallest absolute Gasteiger partial charge is 0.269 e. The standard InChI is InChI=1S/C16H23N7O2/c1-22(2)14-7-15(19-10-18-14)23-9-12(25-3)6-11(23)8-17-16(24)13-4-5-20-21-13/h4-5,7,10-12H,6,8-9H2,1-3H3,(H,17,24)(H,20,21)/t11-,12-/m1/s1. The van der Waals surface area contributed by atoms with E-state index in [1.807, 2.05) is 25.1 Å². The maximum Gasteiger partial charge on any atom is 0.269 e. The quantitative estimate of drug-likeness (QED) is 0.776. The van der Waals surface area contributed by atoms with Gasteiger partial charge in [-0.1, -0.05) is 0 Å². The van der Waals surface area contributed by atoms with Crippen LogP contribution in [0.2, 0.25) is 0 Å². The lowest BCUT2D eigenvalue weighted by Gasteiger charge is -2.26. The van der Waals surface area contributed by atoms with Crippen LogP contribution in [0, 0.1) is 0 Å². The van der Waals surface area contributed by atoms with Crippen LogP contribution in [0.25, 0.3) is 0 Å². The Morgan fingerprint density at radius 3 is 3.00 bits per heavy atom. The zero-order valence-electron chi connectivity index (χ0n) is 14.6. The zero-order valence-corrected chi connectivity index (χ0v) is 14.6. The van der Waals surface area contributed by atoms with Gasteiger partial charge in [0, 0.05) is 46.6 Å². The van der Waals surface area contributed by atoms with Crippen molar-refractivity contribution >= 4 is 17.5 Å². The summed E-state index contributed by atoms with van der Waals surface area (Å²) in [5, 5.41) is 9.42. The van der Waals surface area contributed by atoms with Gasteiger partial charge in [0.15, 0.2) is 0 Å². The van der Waals surface area contributed by atoms with Crippen LogP contribution in [0.1, 0.15) is 16.9 Å². The number of carbonyl (C=O) groups is 1. The molecule has 3 rings (SSSR count). The second-order valence-corrected chi connectivity index (χ2v) is 6.21. The van der Waals surface area contributed by atoms with E-state index in [1.54, 1.807) is 25.7 Å². The Bertz CT molecular complexity index is 704. The van der Waals surface area contributed by atoms with Gasteiger partial charge >= 0.3 is 0 Å². The predicted octanol–water partition coefficient (Wildman–Crippen LogP) is 0.289. The minimum absolute atomic E-state index is 0.0988. The first-order valence-corrected chi connectivity index (χ1v) is 8.15. The number of H-pyrrole nitrogens is 1. The Balaban J connectivity index is 1.72. The molecule has 0 aliphatic carbocycles. The van der Waals surface area contributed by atoms with E-state index in [1.165, 1.54) is 0 Å². The van der Waals surface area contributed by atoms with E-state index >= 15 is 0 Å². The number of nitrogens with one attached hydrogen (secondary N) is 2. The Morgan fingerprint density at radius 1 is 1.48 bits per heavy atom. The van der Waals surface area contributed by atoms with Crippen LogP contribution in [-0.2, 0) is 4.74 Å². The number of nitrogens with zero attached hydrogens (tertiary/aromatic N) is 5. The molecule has 1 fully saturated rings. The van der Waals surface area contributed by atoms with Gasteiger partial charge in [-0.3, -0.25) is 9.89 Å². The molecule has 9 heteroatoms. The Kier molecular flexibility index (Phi) is 5.13. The second-order valence-electron chi connectivity index (χ2n) is 6.21. The first-order chi connectivity index (χ1) is 12.1. The predicted molar refractivity (Wildman–Crippen MR) is 93.8 cm³/mol. The van der Waals surface area contributed by atoms with Crippen molar-refractivity contribution in [1.82, 2.24) is 25.5 Å². The topological polar surface area (TPSA) is 99.3 Å². The van der Waals surface area contributed by atoms with E-state index in [9.17, 15) is 4.79 Å². The summed E-state index contributed by atoms with van der Waals surface area (Å²) in [6.07, 6.45) is 4.04. The van der Waals surface area contributed by atoms with Crippen molar-refractivity contribution in [3.8, 4) is 0 Å². The molecule has 0 saturated carbocycles. The number of hydrogen-bond acceptors (Lipinski definition) is 7. The van der Waals surface area contributed by atoms with Crippen LogP contribution in [0.15, 0.2) is 24.7 Å². The highest BCUT2D eigenvalue weighted by Gasteiger charge is 2.33. The van der Waals surface area contributed by atoms with Crippen molar-refractivity contribution in [3.05, 3.63) is 30.4 Å². The van der Waals surface area contributed by atoms with E-state index in [0.29, 0.717) is 12.2 Å².